The second-order valence-corrected chi connectivity index (χ2v) is 5.63. The van der Waals surface area contributed by atoms with Crippen LogP contribution in [0.4, 0.5) is 0 Å². The number of ether oxygens (including phenoxy) is 1. The van der Waals surface area contributed by atoms with Crippen LogP contribution in [0.25, 0.3) is 0 Å². The van der Waals surface area contributed by atoms with Crippen LogP contribution in [-0.4, -0.2) is 38.2 Å². The summed E-state index contributed by atoms with van der Waals surface area (Å²) in [5.41, 5.74) is 0. The topological polar surface area (TPSA) is 78.9 Å². The molecule has 7 heteroatoms. The molecule has 0 radical (unpaired) electrons. The summed E-state index contributed by atoms with van der Waals surface area (Å²) < 4.78 is 26.5. The van der Waals surface area contributed by atoms with Crippen LogP contribution in [0.15, 0.2) is 0 Å². The highest BCUT2D eigenvalue weighted by atomic mass is 31.2. The SMILES string of the molecule is CCOP(=O)(CC(=O)CCCC(=O)OC)OCC. The van der Waals surface area contributed by atoms with E-state index in [9.17, 15) is 14.2 Å². The van der Waals surface area contributed by atoms with Gasteiger partial charge in [-0.15, -0.1) is 0 Å². The zero-order chi connectivity index (χ0) is 14.0. The van der Waals surface area contributed by atoms with E-state index in [1.807, 2.05) is 0 Å². The molecule has 0 saturated carbocycles. The number of carbonyl (C=O) groups is 2. The maximum Gasteiger partial charge on any atom is 0.338 e. The fraction of sp³-hybridized carbons (Fsp3) is 0.818. The minimum atomic E-state index is -3.31. The summed E-state index contributed by atoms with van der Waals surface area (Å²) in [5.74, 6) is -0.593. The van der Waals surface area contributed by atoms with E-state index in [-0.39, 0.29) is 44.0 Å². The number of esters is 1. The van der Waals surface area contributed by atoms with Gasteiger partial charge in [0.15, 0.2) is 0 Å². The van der Waals surface area contributed by atoms with Gasteiger partial charge >= 0.3 is 13.6 Å². The Morgan fingerprint density at radius 2 is 1.61 bits per heavy atom. The maximum absolute atomic E-state index is 12.0. The van der Waals surface area contributed by atoms with Crippen molar-refractivity contribution in [2.45, 2.75) is 33.1 Å². The zero-order valence-corrected chi connectivity index (χ0v) is 12.0. The molecule has 0 rings (SSSR count). The fourth-order valence-electron chi connectivity index (χ4n) is 1.35. The van der Waals surface area contributed by atoms with Gasteiger partial charge < -0.3 is 13.8 Å². The Bertz CT molecular complexity index is 305. The quantitative estimate of drug-likeness (QED) is 0.450. The summed E-state index contributed by atoms with van der Waals surface area (Å²) in [6.45, 7) is 3.83. The highest BCUT2D eigenvalue weighted by molar-refractivity contribution is 7.54. The fourth-order valence-corrected chi connectivity index (χ4v) is 2.98. The molecule has 0 unspecified atom stereocenters. The van der Waals surface area contributed by atoms with Crippen LogP contribution in [-0.2, 0) is 27.9 Å². The molecular formula is C11H21O6P. The van der Waals surface area contributed by atoms with Gasteiger partial charge in [0.25, 0.3) is 0 Å². The second kappa shape index (κ2) is 9.25. The van der Waals surface area contributed by atoms with Crippen molar-refractivity contribution >= 4 is 19.3 Å². The standard InChI is InChI=1S/C11H21O6P/c1-4-16-18(14,17-5-2)9-10(12)7-6-8-11(13)15-3/h4-9H2,1-3H3. The summed E-state index contributed by atoms with van der Waals surface area (Å²) in [5, 5.41) is 0. The van der Waals surface area contributed by atoms with E-state index in [1.165, 1.54) is 7.11 Å². The van der Waals surface area contributed by atoms with Crippen molar-refractivity contribution < 1.29 is 27.9 Å². The molecule has 0 amide bonds. The number of carbonyl (C=O) groups excluding carboxylic acids is 2. The lowest BCUT2D eigenvalue weighted by molar-refractivity contribution is -0.140. The average molecular weight is 280 g/mol. The summed E-state index contributed by atoms with van der Waals surface area (Å²) in [4.78, 5) is 22.4. The Morgan fingerprint density at radius 1 is 1.06 bits per heavy atom. The summed E-state index contributed by atoms with van der Waals surface area (Å²) in [6.07, 6.45) is 0.481. The zero-order valence-electron chi connectivity index (χ0n) is 11.1. The molecule has 18 heavy (non-hydrogen) atoms. The Kier molecular flexibility index (Phi) is 8.89. The van der Waals surface area contributed by atoms with Crippen LogP contribution in [0.1, 0.15) is 33.1 Å². The van der Waals surface area contributed by atoms with E-state index >= 15 is 0 Å². The first-order valence-electron chi connectivity index (χ1n) is 5.94. The molecule has 0 heterocycles. The molecule has 0 N–H and O–H groups in total. The number of Topliss-reactive ketones (excluding diaryl/α,β-unsaturated/α-hetero) is 1. The van der Waals surface area contributed by atoms with Gasteiger partial charge in [-0.2, -0.15) is 0 Å². The third-order valence-electron chi connectivity index (χ3n) is 2.09. The molecule has 0 aromatic heterocycles. The van der Waals surface area contributed by atoms with Crippen molar-refractivity contribution in [3.63, 3.8) is 0 Å². The van der Waals surface area contributed by atoms with Crippen LogP contribution in [0, 0.1) is 0 Å². The van der Waals surface area contributed by atoms with Crippen LogP contribution in [0.5, 0.6) is 0 Å². The van der Waals surface area contributed by atoms with Gasteiger partial charge in [-0.3, -0.25) is 14.2 Å². The number of ketones is 1. The Labute approximate surface area is 108 Å². The molecule has 0 aliphatic heterocycles. The summed E-state index contributed by atoms with van der Waals surface area (Å²) >= 11 is 0. The van der Waals surface area contributed by atoms with Crippen LogP contribution in [0.3, 0.4) is 0 Å². The molecule has 0 aliphatic rings. The monoisotopic (exact) mass is 280 g/mol. The first kappa shape index (κ1) is 17.3. The summed E-state index contributed by atoms with van der Waals surface area (Å²) in [6, 6.07) is 0. The van der Waals surface area contributed by atoms with Crippen molar-refractivity contribution in [3.05, 3.63) is 0 Å². The van der Waals surface area contributed by atoms with E-state index in [4.69, 9.17) is 9.05 Å². The van der Waals surface area contributed by atoms with Crippen molar-refractivity contribution in [1.29, 1.82) is 0 Å². The van der Waals surface area contributed by atoms with Gasteiger partial charge in [-0.25, -0.2) is 0 Å². The van der Waals surface area contributed by atoms with Gasteiger partial charge in [0.1, 0.15) is 11.9 Å². The van der Waals surface area contributed by atoms with Crippen molar-refractivity contribution in [1.82, 2.24) is 0 Å². The molecule has 0 aliphatic carbocycles. The lowest BCUT2D eigenvalue weighted by atomic mass is 10.2. The molecule has 106 valence electrons. The lowest BCUT2D eigenvalue weighted by Gasteiger charge is -2.15. The minimum Gasteiger partial charge on any atom is -0.469 e. The van der Waals surface area contributed by atoms with Gasteiger partial charge in [0, 0.05) is 12.8 Å². The van der Waals surface area contributed by atoms with E-state index < -0.39 is 7.60 Å². The van der Waals surface area contributed by atoms with Crippen LogP contribution in [0.2, 0.25) is 0 Å². The van der Waals surface area contributed by atoms with Crippen LogP contribution < -0.4 is 0 Å². The molecule has 0 atom stereocenters. The van der Waals surface area contributed by atoms with Gasteiger partial charge in [0.2, 0.25) is 0 Å². The number of methoxy groups -OCH3 is 1. The predicted octanol–water partition coefficient (Wildman–Crippen LogP) is 2.16. The highest BCUT2D eigenvalue weighted by Gasteiger charge is 2.27. The molecule has 0 aromatic rings. The molecule has 0 bridgehead atoms. The van der Waals surface area contributed by atoms with Crippen LogP contribution >= 0.6 is 7.60 Å². The average Bonchev–Trinajstić information content (AvgIpc) is 2.28. The largest absolute Gasteiger partial charge is 0.469 e. The van der Waals surface area contributed by atoms with Gasteiger partial charge in [0.05, 0.1) is 20.3 Å². The molecule has 0 fully saturated rings. The molecular weight excluding hydrogens is 259 g/mol. The first-order valence-corrected chi connectivity index (χ1v) is 7.66. The maximum atomic E-state index is 12.0. The molecule has 6 nitrogen and oxygen atoms in total. The number of rotatable bonds is 10. The third kappa shape index (κ3) is 7.58. The Hall–Kier alpha value is -0.710. The normalized spacial score (nSPS) is 11.3. The lowest BCUT2D eigenvalue weighted by Crippen LogP contribution is -2.10. The molecule has 0 saturated heterocycles. The van der Waals surface area contributed by atoms with Crippen molar-refractivity contribution in [3.8, 4) is 0 Å². The minimum absolute atomic E-state index is 0.166. The number of hydrogen-bond acceptors (Lipinski definition) is 6. The Morgan fingerprint density at radius 3 is 2.06 bits per heavy atom. The third-order valence-corrected chi connectivity index (χ3v) is 4.13. The van der Waals surface area contributed by atoms with Crippen molar-refractivity contribution in [2.24, 2.45) is 0 Å². The van der Waals surface area contributed by atoms with E-state index in [2.05, 4.69) is 4.74 Å². The predicted molar refractivity (Wildman–Crippen MR) is 66.6 cm³/mol. The van der Waals surface area contributed by atoms with Gasteiger partial charge in [-0.1, -0.05) is 0 Å². The first-order chi connectivity index (χ1) is 8.47. The molecule has 0 aromatic carbocycles. The van der Waals surface area contributed by atoms with Gasteiger partial charge in [-0.05, 0) is 20.3 Å². The Balaban J connectivity index is 4.10. The van der Waals surface area contributed by atoms with E-state index in [0.717, 1.165) is 0 Å². The number of hydrogen-bond donors (Lipinski definition) is 0. The van der Waals surface area contributed by atoms with Crippen molar-refractivity contribution in [2.75, 3.05) is 26.5 Å². The summed E-state index contributed by atoms with van der Waals surface area (Å²) in [7, 11) is -2.02. The van der Waals surface area contributed by atoms with E-state index in [1.54, 1.807) is 13.8 Å². The smallest absolute Gasteiger partial charge is 0.338 e. The molecule has 0 spiro atoms. The second-order valence-electron chi connectivity index (χ2n) is 3.57. The highest BCUT2D eigenvalue weighted by Crippen LogP contribution is 2.47. The van der Waals surface area contributed by atoms with E-state index in [0.29, 0.717) is 6.42 Å².